The van der Waals surface area contributed by atoms with Crippen molar-refractivity contribution in [1.29, 1.82) is 0 Å². The number of benzene rings is 3. The normalized spacial score (nSPS) is 15.8. The van der Waals surface area contributed by atoms with Crippen molar-refractivity contribution in [3.63, 3.8) is 0 Å². The maximum atomic E-state index is 14.4. The van der Waals surface area contributed by atoms with Gasteiger partial charge in [0.05, 0.1) is 29.1 Å². The lowest BCUT2D eigenvalue weighted by Gasteiger charge is -2.30. The van der Waals surface area contributed by atoms with E-state index < -0.39 is 12.0 Å². The summed E-state index contributed by atoms with van der Waals surface area (Å²) in [5.41, 5.74) is 6.98. The number of morpholine rings is 1. The van der Waals surface area contributed by atoms with Crippen LogP contribution in [0.5, 0.6) is 5.75 Å². The van der Waals surface area contributed by atoms with Crippen LogP contribution in [0.1, 0.15) is 71.8 Å². The second kappa shape index (κ2) is 15.7. The molecule has 1 aliphatic carbocycles. The van der Waals surface area contributed by atoms with Crippen LogP contribution in [-0.4, -0.2) is 54.9 Å². The van der Waals surface area contributed by atoms with Gasteiger partial charge in [0, 0.05) is 31.5 Å². The molecule has 3 heterocycles. The SMILES string of the molecule is CC(C(=O)N(C)c1ccc(N2CCOCC2)cc1)n1c(-c2ccc(OCc3ccccc3)cc2)c(C2CCCCC2)c2sc(C(=O)O)cc21.Cl. The van der Waals surface area contributed by atoms with Crippen molar-refractivity contribution in [2.45, 2.75) is 57.6 Å². The number of aromatic carboxylic acids is 1. The van der Waals surface area contributed by atoms with Crippen LogP contribution in [0.25, 0.3) is 21.5 Å². The molecule has 8 nitrogen and oxygen atoms in total. The molecule has 0 radical (unpaired) electrons. The van der Waals surface area contributed by atoms with Gasteiger partial charge in [0.2, 0.25) is 5.91 Å². The molecule has 1 atom stereocenters. The van der Waals surface area contributed by atoms with Crippen LogP contribution in [0.2, 0.25) is 0 Å². The molecular weight excluding hydrogens is 670 g/mol. The fourth-order valence-corrected chi connectivity index (χ4v) is 8.47. The van der Waals surface area contributed by atoms with Crippen molar-refractivity contribution < 1.29 is 24.2 Å². The highest BCUT2D eigenvalue weighted by Gasteiger charge is 2.33. The molecule has 1 saturated carbocycles. The summed E-state index contributed by atoms with van der Waals surface area (Å²) >= 11 is 1.33. The molecule has 5 aromatic rings. The molecule has 262 valence electrons. The Morgan fingerprint density at radius 1 is 0.960 bits per heavy atom. The van der Waals surface area contributed by atoms with E-state index in [9.17, 15) is 14.7 Å². The van der Waals surface area contributed by atoms with Crippen LogP contribution < -0.4 is 14.5 Å². The molecule has 1 amide bonds. The number of hydrogen-bond donors (Lipinski definition) is 1. The van der Waals surface area contributed by atoms with Gasteiger partial charge in [-0.3, -0.25) is 4.79 Å². The number of rotatable bonds is 10. The number of ether oxygens (including phenoxy) is 2. The molecule has 1 saturated heterocycles. The summed E-state index contributed by atoms with van der Waals surface area (Å²) in [5, 5.41) is 10.0. The number of carboxylic acid groups (broad SMARTS) is 1. The minimum absolute atomic E-state index is 0. The number of nitrogens with zero attached hydrogens (tertiary/aromatic N) is 3. The van der Waals surface area contributed by atoms with Gasteiger partial charge < -0.3 is 28.9 Å². The van der Waals surface area contributed by atoms with Crippen LogP contribution in [0, 0.1) is 0 Å². The molecule has 7 rings (SSSR count). The van der Waals surface area contributed by atoms with E-state index in [4.69, 9.17) is 9.47 Å². The Balaban J connectivity index is 0.00000432. The third-order valence-corrected chi connectivity index (χ3v) is 11.1. The first-order valence-electron chi connectivity index (χ1n) is 17.3. The third-order valence-electron chi connectivity index (χ3n) is 10.0. The molecule has 2 aromatic heterocycles. The second-order valence-corrected chi connectivity index (χ2v) is 14.1. The van der Waals surface area contributed by atoms with Crippen molar-refractivity contribution in [3.8, 4) is 17.0 Å². The van der Waals surface area contributed by atoms with Gasteiger partial charge in [0.15, 0.2) is 0 Å². The van der Waals surface area contributed by atoms with Crippen LogP contribution >= 0.6 is 23.7 Å². The van der Waals surface area contributed by atoms with Crippen LogP contribution in [0.3, 0.4) is 0 Å². The molecule has 1 N–H and O–H groups in total. The quantitative estimate of drug-likeness (QED) is 0.155. The highest BCUT2D eigenvalue weighted by atomic mass is 35.5. The minimum atomic E-state index is -0.944. The van der Waals surface area contributed by atoms with Crippen molar-refractivity contribution in [2.75, 3.05) is 43.2 Å². The lowest BCUT2D eigenvalue weighted by atomic mass is 9.83. The Hall–Kier alpha value is -4.31. The lowest BCUT2D eigenvalue weighted by molar-refractivity contribution is -0.120. The molecule has 0 bridgehead atoms. The molecule has 1 aliphatic heterocycles. The average molecular weight is 714 g/mol. The molecular formula is C40H44ClN3O5S. The fourth-order valence-electron chi connectivity index (χ4n) is 7.36. The highest BCUT2D eigenvalue weighted by Crippen LogP contribution is 2.48. The van der Waals surface area contributed by atoms with Gasteiger partial charge in [-0.05, 0) is 97.0 Å². The molecule has 10 heteroatoms. The first kappa shape index (κ1) is 35.5. The second-order valence-electron chi connectivity index (χ2n) is 13.1. The topological polar surface area (TPSA) is 84.2 Å². The van der Waals surface area contributed by atoms with E-state index in [1.54, 1.807) is 11.0 Å². The van der Waals surface area contributed by atoms with Gasteiger partial charge in [0.25, 0.3) is 0 Å². The number of aromatic nitrogens is 1. The van der Waals surface area contributed by atoms with Crippen molar-refractivity contribution in [2.24, 2.45) is 0 Å². The predicted molar refractivity (Wildman–Crippen MR) is 204 cm³/mol. The van der Waals surface area contributed by atoms with E-state index in [-0.39, 0.29) is 24.2 Å². The van der Waals surface area contributed by atoms with Crippen LogP contribution in [-0.2, 0) is 16.1 Å². The first-order valence-corrected chi connectivity index (χ1v) is 18.1. The van der Waals surface area contributed by atoms with E-state index in [1.165, 1.54) is 23.3 Å². The van der Waals surface area contributed by atoms with E-state index >= 15 is 0 Å². The smallest absolute Gasteiger partial charge is 0.345 e. The number of amides is 1. The standard InChI is InChI=1S/C40H43N3O5S.ClH/c1-27(39(44)41(2)31-15-17-32(18-16-31)42-21-23-47-24-22-42)43-34-25-35(40(45)46)49-38(34)36(29-11-7-4-8-12-29)37(43)30-13-19-33(20-14-30)48-26-28-9-5-3-6-10-28;/h3,5-6,9-10,13-20,25,27,29H,4,7-8,11-12,21-24,26H2,1-2H3,(H,45,46);1H. The summed E-state index contributed by atoms with van der Waals surface area (Å²) in [6.45, 7) is 5.53. The largest absolute Gasteiger partial charge is 0.489 e. The maximum absolute atomic E-state index is 14.4. The van der Waals surface area contributed by atoms with Crippen molar-refractivity contribution in [1.82, 2.24) is 4.57 Å². The highest BCUT2D eigenvalue weighted by molar-refractivity contribution is 7.21. The van der Waals surface area contributed by atoms with Crippen molar-refractivity contribution in [3.05, 3.63) is 101 Å². The summed E-state index contributed by atoms with van der Waals surface area (Å²) in [7, 11) is 1.82. The molecule has 3 aromatic carbocycles. The number of hydrogen-bond acceptors (Lipinski definition) is 6. The minimum Gasteiger partial charge on any atom is -0.489 e. The van der Waals surface area contributed by atoms with Gasteiger partial charge >= 0.3 is 5.97 Å². The van der Waals surface area contributed by atoms with Crippen LogP contribution in [0.4, 0.5) is 11.4 Å². The summed E-state index contributed by atoms with van der Waals surface area (Å²) in [4.78, 5) is 31.0. The van der Waals surface area contributed by atoms with Crippen LogP contribution in [0.15, 0.2) is 84.9 Å². The zero-order valence-electron chi connectivity index (χ0n) is 28.5. The van der Waals surface area contributed by atoms with Gasteiger partial charge in [-0.1, -0.05) is 49.6 Å². The molecule has 50 heavy (non-hydrogen) atoms. The van der Waals surface area contributed by atoms with Gasteiger partial charge in [-0.2, -0.15) is 0 Å². The zero-order valence-corrected chi connectivity index (χ0v) is 30.2. The van der Waals surface area contributed by atoms with Gasteiger partial charge in [0.1, 0.15) is 23.3 Å². The van der Waals surface area contributed by atoms with Gasteiger partial charge in [-0.25, -0.2) is 4.79 Å². The monoisotopic (exact) mass is 713 g/mol. The zero-order chi connectivity index (χ0) is 33.9. The van der Waals surface area contributed by atoms with Crippen molar-refractivity contribution >= 4 is 57.2 Å². The first-order chi connectivity index (χ1) is 23.9. The number of likely N-dealkylation sites (N-methyl/N-ethyl adjacent to an activating group) is 1. The molecule has 2 fully saturated rings. The van der Waals surface area contributed by atoms with E-state index in [1.807, 2.05) is 68.6 Å². The molecule has 0 spiro atoms. The summed E-state index contributed by atoms with van der Waals surface area (Å²) < 4.78 is 14.7. The average Bonchev–Trinajstić information content (AvgIpc) is 3.72. The van der Waals surface area contributed by atoms with Gasteiger partial charge in [-0.15, -0.1) is 23.7 Å². The summed E-state index contributed by atoms with van der Waals surface area (Å²) in [6.07, 6.45) is 5.57. The number of carboxylic acids is 1. The molecule has 1 unspecified atom stereocenters. The number of thiophene rings is 1. The third kappa shape index (κ3) is 7.26. The lowest BCUT2D eigenvalue weighted by Crippen LogP contribution is -2.36. The fraction of sp³-hybridized carbons (Fsp3) is 0.350. The predicted octanol–water partition coefficient (Wildman–Crippen LogP) is 9.18. The maximum Gasteiger partial charge on any atom is 0.345 e. The number of halogens is 1. The number of fused-ring (bicyclic) bond motifs is 1. The number of anilines is 2. The Kier molecular flexibility index (Phi) is 11.2. The number of carbonyl (C=O) groups is 2. The Morgan fingerprint density at radius 3 is 2.30 bits per heavy atom. The van der Waals surface area contributed by atoms with E-state index in [0.29, 0.717) is 24.7 Å². The summed E-state index contributed by atoms with van der Waals surface area (Å²) in [5.74, 6) is 0.0393. The Morgan fingerprint density at radius 2 is 1.64 bits per heavy atom. The number of carbonyl (C=O) groups excluding carboxylic acids is 1. The Bertz CT molecular complexity index is 1910. The van der Waals surface area contributed by atoms with E-state index in [2.05, 4.69) is 33.7 Å². The Labute approximate surface area is 303 Å². The van der Waals surface area contributed by atoms with E-state index in [0.717, 1.165) is 82.9 Å². The molecule has 2 aliphatic rings. The summed E-state index contributed by atoms with van der Waals surface area (Å²) in [6, 6.07) is 27.5.